The van der Waals surface area contributed by atoms with Crippen LogP contribution in [0.15, 0.2) is 40.3 Å². The van der Waals surface area contributed by atoms with E-state index < -0.39 is 15.9 Å². The average Bonchev–Trinajstić information content (AvgIpc) is 2.63. The van der Waals surface area contributed by atoms with Gasteiger partial charge < -0.3 is 9.84 Å². The van der Waals surface area contributed by atoms with Crippen LogP contribution in [-0.2, 0) is 14.8 Å². The number of nitrogens with zero attached hydrogens (tertiary/aromatic N) is 2. The van der Waals surface area contributed by atoms with Gasteiger partial charge in [-0.15, -0.1) is 0 Å². The molecule has 0 fully saturated rings. The van der Waals surface area contributed by atoms with Gasteiger partial charge >= 0.3 is 0 Å². The molecule has 162 valence electrons. The van der Waals surface area contributed by atoms with Crippen LogP contribution in [0.5, 0.6) is 11.5 Å². The first-order valence-corrected chi connectivity index (χ1v) is 10.8. The Bertz CT molecular complexity index is 1040. The SMILES string of the molecule is CCOc1cc(/C=N\NC(=O)CN(C)S(=O)(=O)c2c(C)cc(C)cc2C)ccc1O. The molecule has 0 radical (unpaired) electrons. The number of sulfonamides is 1. The summed E-state index contributed by atoms with van der Waals surface area (Å²) in [6.07, 6.45) is 1.38. The molecule has 1 amide bonds. The maximum absolute atomic E-state index is 12.9. The van der Waals surface area contributed by atoms with Gasteiger partial charge in [0.05, 0.1) is 24.3 Å². The topological polar surface area (TPSA) is 108 Å². The van der Waals surface area contributed by atoms with Crippen molar-refractivity contribution in [2.75, 3.05) is 20.2 Å². The number of likely N-dealkylation sites (N-methyl/N-ethyl adjacent to an activating group) is 1. The summed E-state index contributed by atoms with van der Waals surface area (Å²) in [4.78, 5) is 12.4. The first-order valence-electron chi connectivity index (χ1n) is 9.38. The van der Waals surface area contributed by atoms with E-state index in [4.69, 9.17) is 4.74 Å². The largest absolute Gasteiger partial charge is 0.504 e. The molecule has 0 saturated carbocycles. The number of hydrogen-bond acceptors (Lipinski definition) is 6. The molecule has 2 N–H and O–H groups in total. The zero-order chi connectivity index (χ0) is 22.5. The van der Waals surface area contributed by atoms with Gasteiger partial charge in [0.2, 0.25) is 10.0 Å². The standard InChI is InChI=1S/C21H27N3O5S/c1-6-29-19-11-17(7-8-18(19)25)12-22-23-20(26)13-24(5)30(27,28)21-15(3)9-14(2)10-16(21)4/h7-12,25H,6,13H2,1-5H3,(H,23,26)/b22-12-. The third-order valence-corrected chi connectivity index (χ3v) is 6.44. The zero-order valence-corrected chi connectivity index (χ0v) is 18.6. The number of aromatic hydroxyl groups is 1. The van der Waals surface area contributed by atoms with Crippen LogP contribution >= 0.6 is 0 Å². The Balaban J connectivity index is 2.06. The highest BCUT2D eigenvalue weighted by atomic mass is 32.2. The fourth-order valence-corrected chi connectivity index (χ4v) is 4.64. The van der Waals surface area contributed by atoms with Crippen molar-refractivity contribution in [1.82, 2.24) is 9.73 Å². The summed E-state index contributed by atoms with van der Waals surface area (Å²) >= 11 is 0. The first-order chi connectivity index (χ1) is 14.1. The lowest BCUT2D eigenvalue weighted by molar-refractivity contribution is -0.121. The number of carbonyl (C=O) groups excluding carboxylic acids is 1. The summed E-state index contributed by atoms with van der Waals surface area (Å²) in [5.74, 6) is -0.266. The van der Waals surface area contributed by atoms with Crippen LogP contribution in [0.3, 0.4) is 0 Å². The lowest BCUT2D eigenvalue weighted by Gasteiger charge is -2.19. The van der Waals surface area contributed by atoms with Crippen molar-refractivity contribution >= 4 is 22.1 Å². The molecule has 0 aliphatic heterocycles. The van der Waals surface area contributed by atoms with Gasteiger partial charge in [0.25, 0.3) is 5.91 Å². The van der Waals surface area contributed by atoms with Gasteiger partial charge in [-0.3, -0.25) is 4.79 Å². The zero-order valence-electron chi connectivity index (χ0n) is 17.8. The molecule has 0 spiro atoms. The Hall–Kier alpha value is -2.91. The Morgan fingerprint density at radius 3 is 2.43 bits per heavy atom. The summed E-state index contributed by atoms with van der Waals surface area (Å²) < 4.78 is 32.1. The van der Waals surface area contributed by atoms with E-state index in [0.717, 1.165) is 9.87 Å². The van der Waals surface area contributed by atoms with Gasteiger partial charge in [0.15, 0.2) is 11.5 Å². The number of hydrogen-bond donors (Lipinski definition) is 2. The molecule has 0 unspecified atom stereocenters. The molecule has 0 aliphatic rings. The number of aryl methyl sites for hydroxylation is 3. The molecular weight excluding hydrogens is 406 g/mol. The molecule has 9 heteroatoms. The number of carbonyl (C=O) groups is 1. The van der Waals surface area contributed by atoms with Crippen LogP contribution in [0.2, 0.25) is 0 Å². The average molecular weight is 434 g/mol. The fourth-order valence-electron chi connectivity index (χ4n) is 3.11. The van der Waals surface area contributed by atoms with Gasteiger partial charge in [-0.2, -0.15) is 9.41 Å². The number of benzene rings is 2. The van der Waals surface area contributed by atoms with E-state index in [2.05, 4.69) is 10.5 Å². The van der Waals surface area contributed by atoms with Crippen molar-refractivity contribution in [3.63, 3.8) is 0 Å². The van der Waals surface area contributed by atoms with Crippen molar-refractivity contribution in [2.45, 2.75) is 32.6 Å². The van der Waals surface area contributed by atoms with E-state index in [1.165, 1.54) is 19.3 Å². The second kappa shape index (κ2) is 9.73. The summed E-state index contributed by atoms with van der Waals surface area (Å²) in [5, 5.41) is 13.5. The number of nitrogens with one attached hydrogen (secondary N) is 1. The van der Waals surface area contributed by atoms with Gasteiger partial charge in [0.1, 0.15) is 0 Å². The van der Waals surface area contributed by atoms with E-state index in [-0.39, 0.29) is 17.2 Å². The summed E-state index contributed by atoms with van der Waals surface area (Å²) in [6, 6.07) is 8.24. The first kappa shape index (κ1) is 23.4. The monoisotopic (exact) mass is 433 g/mol. The van der Waals surface area contributed by atoms with Crippen molar-refractivity contribution in [1.29, 1.82) is 0 Å². The molecule has 0 aliphatic carbocycles. The van der Waals surface area contributed by atoms with Crippen molar-refractivity contribution in [2.24, 2.45) is 5.10 Å². The quantitative estimate of drug-likeness (QED) is 0.491. The van der Waals surface area contributed by atoms with E-state index in [0.29, 0.717) is 29.0 Å². The predicted octanol–water partition coefficient (Wildman–Crippen LogP) is 2.49. The summed E-state index contributed by atoms with van der Waals surface area (Å²) in [7, 11) is -2.48. The van der Waals surface area contributed by atoms with Crippen molar-refractivity contribution < 1.29 is 23.1 Å². The van der Waals surface area contributed by atoms with Gasteiger partial charge in [-0.25, -0.2) is 13.8 Å². The maximum Gasteiger partial charge on any atom is 0.255 e. The Morgan fingerprint density at radius 2 is 1.83 bits per heavy atom. The normalized spacial score (nSPS) is 11.8. The second-order valence-electron chi connectivity index (χ2n) is 6.94. The number of phenolic OH excluding ortho intramolecular Hbond substituents is 1. The number of phenols is 1. The minimum Gasteiger partial charge on any atom is -0.504 e. The highest BCUT2D eigenvalue weighted by Gasteiger charge is 2.26. The Kier molecular flexibility index (Phi) is 7.58. The third-order valence-electron chi connectivity index (χ3n) is 4.33. The van der Waals surface area contributed by atoms with Crippen LogP contribution in [0.4, 0.5) is 0 Å². The predicted molar refractivity (Wildman–Crippen MR) is 115 cm³/mol. The number of ether oxygens (including phenoxy) is 1. The van der Waals surface area contributed by atoms with Crippen LogP contribution in [0.1, 0.15) is 29.2 Å². The highest BCUT2D eigenvalue weighted by Crippen LogP contribution is 2.26. The molecule has 2 aromatic carbocycles. The van der Waals surface area contributed by atoms with Crippen molar-refractivity contribution in [3.8, 4) is 11.5 Å². The third kappa shape index (κ3) is 5.58. The molecule has 2 rings (SSSR count). The molecule has 30 heavy (non-hydrogen) atoms. The van der Waals surface area contributed by atoms with Crippen LogP contribution in [0, 0.1) is 20.8 Å². The van der Waals surface area contributed by atoms with E-state index in [1.54, 1.807) is 45.0 Å². The van der Waals surface area contributed by atoms with Gasteiger partial charge in [-0.05, 0) is 62.6 Å². The fraction of sp³-hybridized carbons (Fsp3) is 0.333. The van der Waals surface area contributed by atoms with Gasteiger partial charge in [-0.1, -0.05) is 17.7 Å². The lowest BCUT2D eigenvalue weighted by atomic mass is 10.1. The molecule has 0 saturated heterocycles. The molecule has 0 bridgehead atoms. The van der Waals surface area contributed by atoms with Crippen molar-refractivity contribution in [3.05, 3.63) is 52.6 Å². The maximum atomic E-state index is 12.9. The molecule has 2 aromatic rings. The van der Waals surface area contributed by atoms with E-state index in [9.17, 15) is 18.3 Å². The van der Waals surface area contributed by atoms with Gasteiger partial charge in [0, 0.05) is 7.05 Å². The van der Waals surface area contributed by atoms with Crippen LogP contribution in [0.25, 0.3) is 0 Å². The second-order valence-corrected chi connectivity index (χ2v) is 8.92. The van der Waals surface area contributed by atoms with E-state index in [1.807, 2.05) is 6.92 Å². The number of rotatable bonds is 8. The minimum atomic E-state index is -3.83. The molecule has 0 atom stereocenters. The number of amides is 1. The highest BCUT2D eigenvalue weighted by molar-refractivity contribution is 7.89. The smallest absolute Gasteiger partial charge is 0.255 e. The summed E-state index contributed by atoms with van der Waals surface area (Å²) in [6.45, 7) is 7.18. The molecule has 0 aromatic heterocycles. The van der Waals surface area contributed by atoms with Crippen LogP contribution < -0.4 is 10.2 Å². The number of hydrazone groups is 1. The molecular formula is C21H27N3O5S. The lowest BCUT2D eigenvalue weighted by Crippen LogP contribution is -2.37. The van der Waals surface area contributed by atoms with Crippen LogP contribution in [-0.4, -0.2) is 50.2 Å². The summed E-state index contributed by atoms with van der Waals surface area (Å²) in [5.41, 5.74) is 5.15. The minimum absolute atomic E-state index is 0.00607. The van der Waals surface area contributed by atoms with E-state index >= 15 is 0 Å². The molecule has 0 heterocycles. The molecule has 8 nitrogen and oxygen atoms in total. The Morgan fingerprint density at radius 1 is 1.20 bits per heavy atom. The Labute approximate surface area is 177 Å².